The molecule has 3 rings (SSSR count). The second-order valence-corrected chi connectivity index (χ2v) is 6.71. The van der Waals surface area contributed by atoms with Gasteiger partial charge in [-0.2, -0.15) is 5.26 Å². The van der Waals surface area contributed by atoms with Crippen molar-refractivity contribution in [2.24, 2.45) is 0 Å². The van der Waals surface area contributed by atoms with Crippen molar-refractivity contribution in [1.29, 1.82) is 5.26 Å². The van der Waals surface area contributed by atoms with E-state index in [0.29, 0.717) is 27.6 Å². The van der Waals surface area contributed by atoms with Crippen LogP contribution in [-0.4, -0.2) is 17.8 Å². The standard InChI is InChI=1S/C16H13N3O3S2/c1-8-9(2)24-15(11(8)6-17)19-16(23)18-14(20)10-3-4-12-13(5-10)22-7-21-12/h3-5H,7H2,1-2H3,(H2,18,19,20,23). The van der Waals surface area contributed by atoms with Gasteiger partial charge in [0, 0.05) is 10.4 Å². The Labute approximate surface area is 148 Å². The summed E-state index contributed by atoms with van der Waals surface area (Å²) in [6, 6.07) is 7.05. The van der Waals surface area contributed by atoms with Crippen LogP contribution in [0.2, 0.25) is 0 Å². The fourth-order valence-electron chi connectivity index (χ4n) is 2.20. The first-order valence-corrected chi connectivity index (χ1v) is 8.24. The molecule has 122 valence electrons. The topological polar surface area (TPSA) is 83.4 Å². The van der Waals surface area contributed by atoms with E-state index in [0.717, 1.165) is 10.4 Å². The van der Waals surface area contributed by atoms with Crippen LogP contribution in [0.15, 0.2) is 18.2 Å². The Morgan fingerprint density at radius 1 is 1.33 bits per heavy atom. The molecule has 1 aromatic carbocycles. The lowest BCUT2D eigenvalue weighted by Crippen LogP contribution is -2.34. The number of nitrogens with one attached hydrogen (secondary N) is 2. The molecule has 0 atom stereocenters. The first kappa shape index (κ1) is 16.2. The number of ether oxygens (including phenoxy) is 2. The third-order valence-electron chi connectivity index (χ3n) is 3.59. The molecule has 1 aliphatic rings. The van der Waals surface area contributed by atoms with E-state index in [2.05, 4.69) is 16.7 Å². The summed E-state index contributed by atoms with van der Waals surface area (Å²) in [4.78, 5) is 13.3. The summed E-state index contributed by atoms with van der Waals surface area (Å²) in [6.07, 6.45) is 0. The van der Waals surface area contributed by atoms with Gasteiger partial charge in [-0.3, -0.25) is 10.1 Å². The fraction of sp³-hybridized carbons (Fsp3) is 0.188. The van der Waals surface area contributed by atoms with E-state index < -0.39 is 0 Å². The van der Waals surface area contributed by atoms with Gasteiger partial charge in [0.25, 0.3) is 5.91 Å². The minimum atomic E-state index is -0.366. The molecule has 1 aliphatic heterocycles. The number of rotatable bonds is 2. The molecule has 0 fully saturated rings. The molecule has 0 aliphatic carbocycles. The molecule has 0 saturated heterocycles. The number of carbonyl (C=O) groups excluding carboxylic acids is 1. The number of fused-ring (bicyclic) bond motifs is 1. The first-order valence-electron chi connectivity index (χ1n) is 7.01. The second kappa shape index (κ2) is 6.47. The number of hydrogen-bond acceptors (Lipinski definition) is 6. The summed E-state index contributed by atoms with van der Waals surface area (Å²) in [7, 11) is 0. The molecule has 0 bridgehead atoms. The third-order valence-corrected chi connectivity index (χ3v) is 4.91. The van der Waals surface area contributed by atoms with Gasteiger partial charge < -0.3 is 14.8 Å². The van der Waals surface area contributed by atoms with E-state index in [1.54, 1.807) is 18.2 Å². The number of benzene rings is 1. The molecule has 2 aromatic rings. The van der Waals surface area contributed by atoms with Gasteiger partial charge in [-0.25, -0.2) is 0 Å². The molecular formula is C16H13N3O3S2. The van der Waals surface area contributed by atoms with Gasteiger partial charge in [0.05, 0.1) is 5.56 Å². The number of amides is 1. The van der Waals surface area contributed by atoms with E-state index >= 15 is 0 Å². The summed E-state index contributed by atoms with van der Waals surface area (Å²) >= 11 is 6.59. The van der Waals surface area contributed by atoms with Gasteiger partial charge in [0.1, 0.15) is 11.1 Å². The molecule has 2 N–H and O–H groups in total. The van der Waals surface area contributed by atoms with Gasteiger partial charge in [-0.05, 0) is 49.8 Å². The van der Waals surface area contributed by atoms with Crippen molar-refractivity contribution < 1.29 is 14.3 Å². The Bertz CT molecular complexity index is 883. The van der Waals surface area contributed by atoms with Crippen LogP contribution in [0, 0.1) is 25.2 Å². The van der Waals surface area contributed by atoms with Gasteiger partial charge in [-0.1, -0.05) is 0 Å². The number of anilines is 1. The van der Waals surface area contributed by atoms with E-state index in [9.17, 15) is 10.1 Å². The highest BCUT2D eigenvalue weighted by atomic mass is 32.1. The average molecular weight is 359 g/mol. The zero-order valence-corrected chi connectivity index (χ0v) is 14.6. The molecule has 1 aromatic heterocycles. The minimum absolute atomic E-state index is 0.135. The van der Waals surface area contributed by atoms with Gasteiger partial charge >= 0.3 is 0 Å². The van der Waals surface area contributed by atoms with E-state index in [1.807, 2.05) is 13.8 Å². The molecule has 0 saturated carbocycles. The van der Waals surface area contributed by atoms with Gasteiger partial charge in [-0.15, -0.1) is 11.3 Å². The molecule has 0 unspecified atom stereocenters. The predicted octanol–water partition coefficient (Wildman–Crippen LogP) is 3.09. The number of carbonyl (C=O) groups is 1. The Hall–Kier alpha value is -2.63. The first-order chi connectivity index (χ1) is 11.5. The molecule has 0 radical (unpaired) electrons. The molecular weight excluding hydrogens is 346 g/mol. The summed E-state index contributed by atoms with van der Waals surface area (Å²) < 4.78 is 10.5. The fourth-order valence-corrected chi connectivity index (χ4v) is 3.47. The van der Waals surface area contributed by atoms with Crippen molar-refractivity contribution >= 4 is 39.6 Å². The van der Waals surface area contributed by atoms with Crippen molar-refractivity contribution in [3.8, 4) is 17.6 Å². The Kier molecular flexibility index (Phi) is 4.38. The van der Waals surface area contributed by atoms with Crippen molar-refractivity contribution in [3.05, 3.63) is 39.8 Å². The maximum atomic E-state index is 12.3. The van der Waals surface area contributed by atoms with Crippen LogP contribution in [0.1, 0.15) is 26.4 Å². The number of nitrogens with zero attached hydrogens (tertiary/aromatic N) is 1. The van der Waals surface area contributed by atoms with Gasteiger partial charge in [0.2, 0.25) is 6.79 Å². The highest BCUT2D eigenvalue weighted by molar-refractivity contribution is 7.80. The lowest BCUT2D eigenvalue weighted by molar-refractivity contribution is 0.0977. The number of hydrogen-bond donors (Lipinski definition) is 2. The zero-order chi connectivity index (χ0) is 17.3. The van der Waals surface area contributed by atoms with Crippen LogP contribution in [0.5, 0.6) is 11.5 Å². The Morgan fingerprint density at radius 3 is 2.83 bits per heavy atom. The monoisotopic (exact) mass is 359 g/mol. The summed E-state index contributed by atoms with van der Waals surface area (Å²) in [5.41, 5.74) is 1.86. The van der Waals surface area contributed by atoms with Crippen LogP contribution in [0.4, 0.5) is 5.00 Å². The number of aryl methyl sites for hydroxylation is 1. The van der Waals surface area contributed by atoms with Crippen molar-refractivity contribution in [1.82, 2.24) is 5.32 Å². The van der Waals surface area contributed by atoms with Crippen LogP contribution < -0.4 is 20.1 Å². The van der Waals surface area contributed by atoms with Crippen LogP contribution in [0.25, 0.3) is 0 Å². The molecule has 2 heterocycles. The molecule has 0 spiro atoms. The Balaban J connectivity index is 1.70. The van der Waals surface area contributed by atoms with Crippen molar-refractivity contribution in [3.63, 3.8) is 0 Å². The largest absolute Gasteiger partial charge is 0.454 e. The van der Waals surface area contributed by atoms with Crippen molar-refractivity contribution in [2.45, 2.75) is 13.8 Å². The lowest BCUT2D eigenvalue weighted by atomic mass is 10.2. The number of thiocarbonyl (C=S) groups is 1. The Morgan fingerprint density at radius 2 is 2.08 bits per heavy atom. The zero-order valence-electron chi connectivity index (χ0n) is 12.9. The smallest absolute Gasteiger partial charge is 0.257 e. The highest BCUT2D eigenvalue weighted by Gasteiger charge is 2.18. The van der Waals surface area contributed by atoms with Crippen LogP contribution in [-0.2, 0) is 0 Å². The predicted molar refractivity (Wildman–Crippen MR) is 94.8 cm³/mol. The van der Waals surface area contributed by atoms with E-state index in [-0.39, 0.29) is 17.8 Å². The summed E-state index contributed by atoms with van der Waals surface area (Å²) in [6.45, 7) is 3.96. The number of thiophene rings is 1. The van der Waals surface area contributed by atoms with Crippen molar-refractivity contribution in [2.75, 3.05) is 12.1 Å². The third kappa shape index (κ3) is 3.04. The quantitative estimate of drug-likeness (QED) is 0.802. The average Bonchev–Trinajstić information content (AvgIpc) is 3.11. The SMILES string of the molecule is Cc1sc(NC(=S)NC(=O)c2ccc3c(c2)OCO3)c(C#N)c1C. The van der Waals surface area contributed by atoms with Gasteiger partial charge in [0.15, 0.2) is 16.6 Å². The normalized spacial score (nSPS) is 11.7. The second-order valence-electron chi connectivity index (χ2n) is 5.08. The highest BCUT2D eigenvalue weighted by Crippen LogP contribution is 2.33. The maximum absolute atomic E-state index is 12.3. The molecule has 6 nitrogen and oxygen atoms in total. The summed E-state index contributed by atoms with van der Waals surface area (Å²) in [5, 5.41) is 15.5. The van der Waals surface area contributed by atoms with Crippen LogP contribution in [0.3, 0.4) is 0 Å². The molecule has 1 amide bonds. The number of nitriles is 1. The van der Waals surface area contributed by atoms with E-state index in [1.165, 1.54) is 11.3 Å². The lowest BCUT2D eigenvalue weighted by Gasteiger charge is -2.09. The minimum Gasteiger partial charge on any atom is -0.454 e. The molecule has 8 heteroatoms. The van der Waals surface area contributed by atoms with E-state index in [4.69, 9.17) is 21.7 Å². The van der Waals surface area contributed by atoms with Crippen LogP contribution >= 0.6 is 23.6 Å². The maximum Gasteiger partial charge on any atom is 0.257 e. The molecule has 24 heavy (non-hydrogen) atoms. The summed E-state index contributed by atoms with van der Waals surface area (Å²) in [5.74, 6) is 0.766.